The van der Waals surface area contributed by atoms with Crippen molar-refractivity contribution in [2.24, 2.45) is 0 Å². The fourth-order valence-corrected chi connectivity index (χ4v) is 2.15. The quantitative estimate of drug-likeness (QED) is 0.764. The van der Waals surface area contributed by atoms with Crippen LogP contribution in [0.2, 0.25) is 0 Å². The molecule has 0 heterocycles. The first-order valence-corrected chi connectivity index (χ1v) is 5.07. The molecule has 1 unspecified atom stereocenters. The zero-order chi connectivity index (χ0) is 11.6. The van der Waals surface area contributed by atoms with E-state index < -0.39 is 11.4 Å². The average molecular weight is 213 g/mol. The topological polar surface area (TPSA) is 61.1 Å². The molecule has 3 nitrogen and oxygen atoms in total. The Hall–Kier alpha value is -2.08. The molecule has 3 heteroatoms. The molecule has 0 bridgehead atoms. The number of nitrogens with zero attached hydrogens (tertiary/aromatic N) is 1. The lowest BCUT2D eigenvalue weighted by molar-refractivity contribution is -0.141. The van der Waals surface area contributed by atoms with Crippen LogP contribution in [0.3, 0.4) is 0 Å². The number of nitriles is 1. The first-order chi connectivity index (χ1) is 7.70. The zero-order valence-electron chi connectivity index (χ0n) is 8.68. The number of hydrogen-bond acceptors (Lipinski definition) is 2. The second-order valence-electron chi connectivity index (χ2n) is 3.88. The van der Waals surface area contributed by atoms with E-state index >= 15 is 0 Å². The SMILES string of the molecule is N#CCC1(C(=O)O)C=CCc2ccccc21. The summed E-state index contributed by atoms with van der Waals surface area (Å²) in [5, 5.41) is 18.2. The second-order valence-corrected chi connectivity index (χ2v) is 3.88. The monoisotopic (exact) mass is 213 g/mol. The van der Waals surface area contributed by atoms with Gasteiger partial charge in [-0.3, -0.25) is 4.79 Å². The van der Waals surface area contributed by atoms with E-state index in [0.29, 0.717) is 0 Å². The second kappa shape index (κ2) is 3.82. The van der Waals surface area contributed by atoms with Gasteiger partial charge in [-0.05, 0) is 17.5 Å². The molecule has 1 aromatic rings. The first kappa shape index (κ1) is 10.4. The van der Waals surface area contributed by atoms with Crippen molar-refractivity contribution in [1.82, 2.24) is 0 Å². The van der Waals surface area contributed by atoms with E-state index in [9.17, 15) is 9.90 Å². The van der Waals surface area contributed by atoms with Crippen molar-refractivity contribution in [1.29, 1.82) is 5.26 Å². The van der Waals surface area contributed by atoms with Gasteiger partial charge >= 0.3 is 5.97 Å². The Labute approximate surface area is 93.6 Å². The molecule has 1 aromatic carbocycles. The maximum Gasteiger partial charge on any atom is 0.319 e. The van der Waals surface area contributed by atoms with Crippen LogP contribution in [0.4, 0.5) is 0 Å². The molecule has 0 aromatic heterocycles. The number of carbonyl (C=O) groups is 1. The highest BCUT2D eigenvalue weighted by Crippen LogP contribution is 2.36. The van der Waals surface area contributed by atoms with Crippen molar-refractivity contribution in [2.45, 2.75) is 18.3 Å². The molecular formula is C13H11NO2. The lowest BCUT2D eigenvalue weighted by Gasteiger charge is -2.29. The van der Waals surface area contributed by atoms with Crippen molar-refractivity contribution in [2.75, 3.05) is 0 Å². The number of carboxylic acid groups (broad SMARTS) is 1. The van der Waals surface area contributed by atoms with E-state index in [1.54, 1.807) is 12.1 Å². The summed E-state index contributed by atoms with van der Waals surface area (Å²) in [7, 11) is 0. The van der Waals surface area contributed by atoms with Crippen molar-refractivity contribution in [3.8, 4) is 6.07 Å². The summed E-state index contributed by atoms with van der Waals surface area (Å²) in [6.07, 6.45) is 4.17. The van der Waals surface area contributed by atoms with E-state index in [0.717, 1.165) is 17.5 Å². The highest BCUT2D eigenvalue weighted by atomic mass is 16.4. The number of hydrogen-bond donors (Lipinski definition) is 1. The Balaban J connectivity index is 2.63. The van der Waals surface area contributed by atoms with Gasteiger partial charge in [0.05, 0.1) is 12.5 Å². The molecule has 1 N–H and O–H groups in total. The summed E-state index contributed by atoms with van der Waals surface area (Å²) in [5.41, 5.74) is 0.568. The molecular weight excluding hydrogens is 202 g/mol. The van der Waals surface area contributed by atoms with E-state index in [1.807, 2.05) is 30.3 Å². The average Bonchev–Trinajstić information content (AvgIpc) is 2.29. The lowest BCUT2D eigenvalue weighted by Crippen LogP contribution is -2.36. The maximum atomic E-state index is 11.4. The molecule has 1 atom stereocenters. The Morgan fingerprint density at radius 3 is 2.94 bits per heavy atom. The first-order valence-electron chi connectivity index (χ1n) is 5.07. The summed E-state index contributed by atoms with van der Waals surface area (Å²) in [4.78, 5) is 11.4. The minimum Gasteiger partial charge on any atom is -0.480 e. The van der Waals surface area contributed by atoms with Crippen LogP contribution < -0.4 is 0 Å². The summed E-state index contributed by atoms with van der Waals surface area (Å²) in [6, 6.07) is 9.37. The van der Waals surface area contributed by atoms with Crippen LogP contribution >= 0.6 is 0 Å². The number of benzene rings is 1. The number of rotatable bonds is 2. The number of allylic oxidation sites excluding steroid dienone is 1. The van der Waals surface area contributed by atoms with Crippen molar-refractivity contribution in [3.63, 3.8) is 0 Å². The predicted octanol–water partition coefficient (Wildman–Crippen LogP) is 2.03. The smallest absolute Gasteiger partial charge is 0.319 e. The van der Waals surface area contributed by atoms with E-state index in [2.05, 4.69) is 0 Å². The van der Waals surface area contributed by atoms with Crippen molar-refractivity contribution >= 4 is 5.97 Å². The summed E-state index contributed by atoms with van der Waals surface area (Å²) in [5.74, 6) is -0.961. The third-order valence-electron chi connectivity index (χ3n) is 2.98. The Kier molecular flexibility index (Phi) is 2.49. The Morgan fingerprint density at radius 2 is 2.25 bits per heavy atom. The fraction of sp³-hybridized carbons (Fsp3) is 0.231. The van der Waals surface area contributed by atoms with Gasteiger partial charge in [0.15, 0.2) is 0 Å². The van der Waals surface area contributed by atoms with Gasteiger partial charge in [0, 0.05) is 0 Å². The highest BCUT2D eigenvalue weighted by Gasteiger charge is 2.40. The number of carboxylic acids is 1. The molecule has 0 radical (unpaired) electrons. The van der Waals surface area contributed by atoms with Gasteiger partial charge in [-0.25, -0.2) is 0 Å². The lowest BCUT2D eigenvalue weighted by atomic mass is 9.72. The molecule has 0 saturated carbocycles. The molecule has 0 amide bonds. The molecule has 0 spiro atoms. The van der Waals surface area contributed by atoms with Gasteiger partial charge in [-0.15, -0.1) is 0 Å². The van der Waals surface area contributed by atoms with E-state index in [4.69, 9.17) is 5.26 Å². The Morgan fingerprint density at radius 1 is 1.50 bits per heavy atom. The minimum absolute atomic E-state index is 0.0319. The molecule has 2 rings (SSSR count). The van der Waals surface area contributed by atoms with Crippen LogP contribution in [-0.4, -0.2) is 11.1 Å². The molecule has 80 valence electrons. The van der Waals surface area contributed by atoms with E-state index in [-0.39, 0.29) is 6.42 Å². The number of fused-ring (bicyclic) bond motifs is 1. The van der Waals surface area contributed by atoms with Gasteiger partial charge in [0.25, 0.3) is 0 Å². The van der Waals surface area contributed by atoms with Crippen molar-refractivity contribution < 1.29 is 9.90 Å². The largest absolute Gasteiger partial charge is 0.480 e. The molecule has 0 fully saturated rings. The molecule has 0 saturated heterocycles. The van der Waals surface area contributed by atoms with Crippen LogP contribution in [0, 0.1) is 11.3 Å². The van der Waals surface area contributed by atoms with Gasteiger partial charge in [-0.1, -0.05) is 36.4 Å². The third-order valence-corrected chi connectivity index (χ3v) is 2.98. The molecule has 1 aliphatic rings. The molecule has 1 aliphatic carbocycles. The molecule has 0 aliphatic heterocycles. The fourth-order valence-electron chi connectivity index (χ4n) is 2.15. The van der Waals surface area contributed by atoms with Gasteiger partial charge in [0.2, 0.25) is 0 Å². The van der Waals surface area contributed by atoms with Crippen LogP contribution in [0.25, 0.3) is 0 Å². The third kappa shape index (κ3) is 1.40. The standard InChI is InChI=1S/C13H11NO2/c14-9-8-13(12(15)16)7-3-5-10-4-1-2-6-11(10)13/h1-4,6-7H,5,8H2,(H,15,16). The minimum atomic E-state index is -1.16. The van der Waals surface area contributed by atoms with Gasteiger partial charge in [-0.2, -0.15) is 5.26 Å². The highest BCUT2D eigenvalue weighted by molar-refractivity contribution is 5.85. The predicted molar refractivity (Wildman–Crippen MR) is 58.8 cm³/mol. The van der Waals surface area contributed by atoms with E-state index in [1.165, 1.54) is 0 Å². The van der Waals surface area contributed by atoms with Crippen LogP contribution in [0.5, 0.6) is 0 Å². The zero-order valence-corrected chi connectivity index (χ0v) is 8.68. The van der Waals surface area contributed by atoms with Crippen LogP contribution in [-0.2, 0) is 16.6 Å². The number of aliphatic carboxylic acids is 1. The van der Waals surface area contributed by atoms with Crippen LogP contribution in [0.1, 0.15) is 17.5 Å². The summed E-state index contributed by atoms with van der Waals surface area (Å²) in [6.45, 7) is 0. The Bertz CT molecular complexity index is 499. The van der Waals surface area contributed by atoms with Crippen LogP contribution in [0.15, 0.2) is 36.4 Å². The van der Waals surface area contributed by atoms with Gasteiger partial charge in [0.1, 0.15) is 5.41 Å². The summed E-state index contributed by atoms with van der Waals surface area (Å²) < 4.78 is 0. The van der Waals surface area contributed by atoms with Gasteiger partial charge < -0.3 is 5.11 Å². The summed E-state index contributed by atoms with van der Waals surface area (Å²) >= 11 is 0. The molecule has 16 heavy (non-hydrogen) atoms. The maximum absolute atomic E-state index is 11.4. The van der Waals surface area contributed by atoms with Crippen molar-refractivity contribution in [3.05, 3.63) is 47.5 Å². The normalized spacial score (nSPS) is 22.2.